The van der Waals surface area contributed by atoms with Gasteiger partial charge in [-0.1, -0.05) is 12.1 Å². The van der Waals surface area contributed by atoms with Crippen LogP contribution in [0.15, 0.2) is 29.2 Å². The van der Waals surface area contributed by atoms with Crippen molar-refractivity contribution in [2.75, 3.05) is 32.1 Å². The number of hydrogen-bond donors (Lipinski definition) is 1. The van der Waals surface area contributed by atoms with Gasteiger partial charge < -0.3 is 10.6 Å². The molecule has 2 N–H and O–H groups in total. The first-order valence-corrected chi connectivity index (χ1v) is 7.90. The molecule has 106 valence electrons. The summed E-state index contributed by atoms with van der Waals surface area (Å²) in [6.45, 7) is 1.41. The van der Waals surface area contributed by atoms with Crippen LogP contribution >= 0.6 is 0 Å². The van der Waals surface area contributed by atoms with Crippen LogP contribution < -0.4 is 10.6 Å². The van der Waals surface area contributed by atoms with E-state index in [0.717, 1.165) is 25.1 Å². The Bertz CT molecular complexity index is 543. The molecule has 1 aliphatic rings. The third kappa shape index (κ3) is 2.61. The lowest BCUT2D eigenvalue weighted by atomic mass is 10.2. The second kappa shape index (κ2) is 5.48. The van der Waals surface area contributed by atoms with E-state index in [1.165, 1.54) is 4.31 Å². The maximum Gasteiger partial charge on any atom is 0.244 e. The van der Waals surface area contributed by atoms with Crippen molar-refractivity contribution in [3.63, 3.8) is 0 Å². The van der Waals surface area contributed by atoms with Gasteiger partial charge in [-0.05, 0) is 25.0 Å². The number of sulfonamides is 1. The van der Waals surface area contributed by atoms with E-state index in [1.54, 1.807) is 26.2 Å². The van der Waals surface area contributed by atoms with Gasteiger partial charge in [0.25, 0.3) is 0 Å². The van der Waals surface area contributed by atoms with E-state index in [1.807, 2.05) is 12.1 Å². The lowest BCUT2D eigenvalue weighted by Gasteiger charge is -2.28. The number of benzene rings is 1. The number of anilines is 1. The Hall–Kier alpha value is -1.11. The van der Waals surface area contributed by atoms with Crippen LogP contribution in [0.1, 0.15) is 12.8 Å². The van der Waals surface area contributed by atoms with Gasteiger partial charge >= 0.3 is 0 Å². The molecular weight excluding hydrogens is 262 g/mol. The van der Waals surface area contributed by atoms with Crippen molar-refractivity contribution in [1.29, 1.82) is 0 Å². The molecule has 0 bridgehead atoms. The summed E-state index contributed by atoms with van der Waals surface area (Å²) in [7, 11) is -0.322. The van der Waals surface area contributed by atoms with E-state index in [2.05, 4.69) is 4.90 Å². The highest BCUT2D eigenvalue weighted by atomic mass is 32.2. The lowest BCUT2D eigenvalue weighted by Crippen LogP contribution is -2.36. The number of nitrogens with two attached hydrogens (primary N) is 1. The summed E-state index contributed by atoms with van der Waals surface area (Å²) in [6, 6.07) is 7.39. The quantitative estimate of drug-likeness (QED) is 0.890. The molecule has 0 amide bonds. The lowest BCUT2D eigenvalue weighted by molar-refractivity contribution is 0.520. The molecule has 0 saturated carbocycles. The van der Waals surface area contributed by atoms with Gasteiger partial charge in [0.05, 0.1) is 5.69 Å². The molecule has 1 aromatic rings. The third-order valence-corrected chi connectivity index (χ3v) is 5.44. The molecule has 5 nitrogen and oxygen atoms in total. The molecule has 1 atom stereocenters. The second-order valence-electron chi connectivity index (χ2n) is 4.98. The van der Waals surface area contributed by atoms with Crippen LogP contribution in [0.25, 0.3) is 0 Å². The maximum absolute atomic E-state index is 12.4. The van der Waals surface area contributed by atoms with Crippen molar-refractivity contribution in [1.82, 2.24) is 4.31 Å². The molecular formula is C13H21N3O2S. The second-order valence-corrected chi connectivity index (χ2v) is 7.10. The minimum atomic E-state index is -3.43. The average molecular weight is 283 g/mol. The minimum Gasteiger partial charge on any atom is -0.366 e. The van der Waals surface area contributed by atoms with E-state index in [9.17, 15) is 8.42 Å². The first kappa shape index (κ1) is 14.3. The van der Waals surface area contributed by atoms with E-state index >= 15 is 0 Å². The molecule has 1 fully saturated rings. The third-order valence-electron chi connectivity index (χ3n) is 3.58. The highest BCUT2D eigenvalue weighted by Crippen LogP contribution is 2.31. The number of nitrogens with zero attached hydrogens (tertiary/aromatic N) is 2. The van der Waals surface area contributed by atoms with Crippen molar-refractivity contribution < 1.29 is 8.42 Å². The fraction of sp³-hybridized carbons (Fsp3) is 0.538. The SMILES string of the molecule is CN(C)S(=O)(=O)c1ccccc1N1CCCC1CN. The first-order chi connectivity index (χ1) is 8.98. The fourth-order valence-electron chi connectivity index (χ4n) is 2.51. The van der Waals surface area contributed by atoms with Gasteiger partial charge in [-0.15, -0.1) is 0 Å². The molecule has 1 aromatic carbocycles. The highest BCUT2D eigenvalue weighted by Gasteiger charge is 2.29. The number of rotatable bonds is 4. The smallest absolute Gasteiger partial charge is 0.244 e. The predicted molar refractivity (Wildman–Crippen MR) is 76.7 cm³/mol. The molecule has 1 unspecified atom stereocenters. The Balaban J connectivity index is 2.48. The van der Waals surface area contributed by atoms with Gasteiger partial charge in [0, 0.05) is 33.2 Å². The van der Waals surface area contributed by atoms with E-state index < -0.39 is 10.0 Å². The van der Waals surface area contributed by atoms with Crippen molar-refractivity contribution in [3.8, 4) is 0 Å². The Morgan fingerprint density at radius 1 is 1.37 bits per heavy atom. The monoisotopic (exact) mass is 283 g/mol. The van der Waals surface area contributed by atoms with Crippen LogP contribution in [-0.2, 0) is 10.0 Å². The van der Waals surface area contributed by atoms with Crippen LogP contribution in [0.4, 0.5) is 5.69 Å². The Kier molecular flexibility index (Phi) is 4.13. The van der Waals surface area contributed by atoms with Gasteiger partial charge in [-0.25, -0.2) is 12.7 Å². The van der Waals surface area contributed by atoms with Crippen LogP contribution in [0, 0.1) is 0 Å². The fourth-order valence-corrected chi connectivity index (χ4v) is 3.60. The molecule has 0 aliphatic carbocycles. The van der Waals surface area contributed by atoms with Crippen LogP contribution in [0.2, 0.25) is 0 Å². The molecule has 6 heteroatoms. The molecule has 0 aromatic heterocycles. The van der Waals surface area contributed by atoms with Gasteiger partial charge in [0.15, 0.2) is 0 Å². The summed E-state index contributed by atoms with van der Waals surface area (Å²) in [5, 5.41) is 0. The van der Waals surface area contributed by atoms with Gasteiger partial charge in [0.1, 0.15) is 4.90 Å². The van der Waals surface area contributed by atoms with Crippen molar-refractivity contribution in [2.45, 2.75) is 23.8 Å². The first-order valence-electron chi connectivity index (χ1n) is 6.46. The van der Waals surface area contributed by atoms with Gasteiger partial charge in [-0.2, -0.15) is 0 Å². The van der Waals surface area contributed by atoms with Gasteiger partial charge in [-0.3, -0.25) is 0 Å². The van der Waals surface area contributed by atoms with E-state index in [0.29, 0.717) is 11.4 Å². The summed E-state index contributed by atoms with van der Waals surface area (Å²) in [5.74, 6) is 0. The van der Waals surface area contributed by atoms with Crippen LogP contribution in [0.3, 0.4) is 0 Å². The summed E-state index contributed by atoms with van der Waals surface area (Å²) in [5.41, 5.74) is 6.55. The summed E-state index contributed by atoms with van der Waals surface area (Å²) in [6.07, 6.45) is 2.07. The van der Waals surface area contributed by atoms with Crippen molar-refractivity contribution >= 4 is 15.7 Å². The standard InChI is InChI=1S/C13H21N3O2S/c1-15(2)19(17,18)13-8-4-3-7-12(13)16-9-5-6-11(16)10-14/h3-4,7-8,11H,5-6,9-10,14H2,1-2H3. The Morgan fingerprint density at radius 2 is 2.05 bits per heavy atom. The topological polar surface area (TPSA) is 66.6 Å². The molecule has 1 saturated heterocycles. The zero-order valence-corrected chi connectivity index (χ0v) is 12.2. The zero-order chi connectivity index (χ0) is 14.0. The average Bonchev–Trinajstić information content (AvgIpc) is 2.86. The number of para-hydroxylation sites is 1. The van der Waals surface area contributed by atoms with Crippen molar-refractivity contribution in [2.24, 2.45) is 5.73 Å². The van der Waals surface area contributed by atoms with Crippen LogP contribution in [0.5, 0.6) is 0 Å². The predicted octanol–water partition coefficient (Wildman–Crippen LogP) is 0.864. The highest BCUT2D eigenvalue weighted by molar-refractivity contribution is 7.89. The molecule has 1 heterocycles. The number of hydrogen-bond acceptors (Lipinski definition) is 4. The van der Waals surface area contributed by atoms with E-state index in [4.69, 9.17) is 5.73 Å². The summed E-state index contributed by atoms with van der Waals surface area (Å²) < 4.78 is 26.0. The van der Waals surface area contributed by atoms with Gasteiger partial charge in [0.2, 0.25) is 10.0 Å². The minimum absolute atomic E-state index is 0.235. The Labute approximate surface area is 115 Å². The Morgan fingerprint density at radius 3 is 2.68 bits per heavy atom. The van der Waals surface area contributed by atoms with Crippen molar-refractivity contribution in [3.05, 3.63) is 24.3 Å². The van der Waals surface area contributed by atoms with Crippen LogP contribution in [-0.4, -0.2) is 45.9 Å². The molecule has 0 radical (unpaired) electrons. The molecule has 2 rings (SSSR count). The molecule has 0 spiro atoms. The summed E-state index contributed by atoms with van der Waals surface area (Å²) in [4.78, 5) is 2.48. The summed E-state index contributed by atoms with van der Waals surface area (Å²) >= 11 is 0. The zero-order valence-electron chi connectivity index (χ0n) is 11.4. The normalized spacial score (nSPS) is 20.2. The molecule has 19 heavy (non-hydrogen) atoms. The molecule has 1 aliphatic heterocycles. The maximum atomic E-state index is 12.4. The van der Waals surface area contributed by atoms with E-state index in [-0.39, 0.29) is 6.04 Å². The largest absolute Gasteiger partial charge is 0.366 e.